The Morgan fingerprint density at radius 1 is 1.44 bits per heavy atom. The quantitative estimate of drug-likeness (QED) is 0.381. The molecule has 0 radical (unpaired) electrons. The second-order valence-electron chi connectivity index (χ2n) is 0.862. The molecule has 0 unspecified atom stereocenters. The minimum Gasteiger partial charge on any atom is -1.00 e. The summed E-state index contributed by atoms with van der Waals surface area (Å²) in [5.41, 5.74) is 0. The minimum atomic E-state index is -2.07. The van der Waals surface area contributed by atoms with E-state index in [9.17, 15) is 4.79 Å². The number of hydrogen-bond acceptors (Lipinski definition) is 2. The van der Waals surface area contributed by atoms with Gasteiger partial charge in [0.15, 0.2) is 0 Å². The molecule has 9 heavy (non-hydrogen) atoms. The Kier molecular flexibility index (Phi) is 7.08. The summed E-state index contributed by atoms with van der Waals surface area (Å²) in [4.78, 5) is 10.1. The van der Waals surface area contributed by atoms with Crippen molar-refractivity contribution >= 4 is 52.6 Å². The molecule has 0 aliphatic rings. The topological polar surface area (TPSA) is 26.3 Å². The Morgan fingerprint density at radius 3 is 1.78 bits per heavy atom. The summed E-state index contributed by atoms with van der Waals surface area (Å²) in [5.74, 6) is -1.11. The van der Waals surface area contributed by atoms with Crippen molar-refractivity contribution < 1.29 is 29.4 Å². The van der Waals surface area contributed by atoms with E-state index >= 15 is 0 Å². The molecule has 0 aromatic carbocycles. The van der Waals surface area contributed by atoms with Crippen molar-refractivity contribution in [2.24, 2.45) is 0 Å². The van der Waals surface area contributed by atoms with Gasteiger partial charge in [-0.15, -0.1) is 0 Å². The van der Waals surface area contributed by atoms with Crippen molar-refractivity contribution in [2.75, 3.05) is 0 Å². The van der Waals surface area contributed by atoms with Crippen LogP contribution in [0.3, 0.4) is 0 Å². The Bertz CT molecular complexity index is 104. The van der Waals surface area contributed by atoms with Crippen LogP contribution in [0.15, 0.2) is 0 Å². The van der Waals surface area contributed by atoms with E-state index in [1.54, 1.807) is 0 Å². The summed E-state index contributed by atoms with van der Waals surface area (Å²) in [6.45, 7) is 0. The zero-order valence-corrected chi connectivity index (χ0v) is 7.35. The molecule has 0 rings (SSSR count). The van der Waals surface area contributed by atoms with Gasteiger partial charge in [0.25, 0.3) is 3.79 Å². The van der Waals surface area contributed by atoms with Gasteiger partial charge in [0.2, 0.25) is 0 Å². The first-order valence-electron chi connectivity index (χ1n) is 1.38. The molecule has 0 saturated heterocycles. The van der Waals surface area contributed by atoms with Crippen molar-refractivity contribution in [3.8, 4) is 0 Å². The summed E-state index contributed by atoms with van der Waals surface area (Å²) in [6, 6.07) is 0. The molecule has 0 aromatic heterocycles. The van der Waals surface area contributed by atoms with E-state index in [1.165, 1.54) is 0 Å². The summed E-state index contributed by atoms with van der Waals surface area (Å²) < 4.78 is 1.48. The molecule has 7 heteroatoms. The Morgan fingerprint density at radius 2 is 1.78 bits per heavy atom. The average molecular weight is 206 g/mol. The predicted octanol–water partition coefficient (Wildman–Crippen LogP) is -0.830. The van der Waals surface area contributed by atoms with Crippen LogP contribution >= 0.6 is 46.7 Å². The normalized spacial score (nSPS) is 9.78. The van der Waals surface area contributed by atoms with E-state index in [0.717, 1.165) is 0 Å². The van der Waals surface area contributed by atoms with Gasteiger partial charge in [-0.05, 0) is 0 Å². The van der Waals surface area contributed by atoms with Crippen LogP contribution in [0.1, 0.15) is 1.43 Å². The van der Waals surface area contributed by atoms with Crippen LogP contribution in [-0.4, -0.2) is 9.76 Å². The molecule has 0 fully saturated rings. The van der Waals surface area contributed by atoms with E-state index < -0.39 is 9.76 Å². The van der Waals surface area contributed by atoms with Crippen LogP contribution in [0, 0.1) is 0 Å². The van der Waals surface area contributed by atoms with Crippen molar-refractivity contribution in [1.82, 2.24) is 0 Å². The van der Waals surface area contributed by atoms with E-state index in [0.29, 0.717) is 0 Å². The van der Waals surface area contributed by atoms with Crippen LogP contribution in [0.5, 0.6) is 0 Å². The van der Waals surface area contributed by atoms with Crippen LogP contribution in [0.2, 0.25) is 0 Å². The second-order valence-corrected chi connectivity index (χ2v) is 3.30. The van der Waals surface area contributed by atoms with E-state index in [-0.39, 0.29) is 20.3 Å². The van der Waals surface area contributed by atoms with Crippen molar-refractivity contribution in [2.45, 2.75) is 3.79 Å². The number of hydrogen-bond donors (Lipinski definition) is 0. The van der Waals surface area contributed by atoms with Gasteiger partial charge in [0.1, 0.15) is 11.9 Å². The fraction of sp³-hybridized carbons (Fsp3) is 0.500. The summed E-state index contributed by atoms with van der Waals surface area (Å²) in [7, 11) is 0. The molecule has 0 spiro atoms. The molecular formula is C2HCl4LiO2. The molecule has 0 N–H and O–H groups in total. The van der Waals surface area contributed by atoms with E-state index in [1.807, 2.05) is 0 Å². The van der Waals surface area contributed by atoms with Gasteiger partial charge < -0.3 is 5.72 Å². The van der Waals surface area contributed by atoms with E-state index in [4.69, 9.17) is 34.8 Å². The zero-order chi connectivity index (χ0) is 6.78. The van der Waals surface area contributed by atoms with Crippen LogP contribution in [0.4, 0.5) is 0 Å². The van der Waals surface area contributed by atoms with Crippen molar-refractivity contribution in [3.63, 3.8) is 0 Å². The average Bonchev–Trinajstić information content (AvgIpc) is 1.62. The first-order chi connectivity index (χ1) is 3.48. The fourth-order valence-electron chi connectivity index (χ4n) is 0.0437. The maximum Gasteiger partial charge on any atom is 1.00 e. The van der Waals surface area contributed by atoms with Gasteiger partial charge in [0.05, 0.1) is 0 Å². The van der Waals surface area contributed by atoms with Crippen molar-refractivity contribution in [1.29, 1.82) is 0 Å². The molecule has 0 amide bonds. The summed E-state index contributed by atoms with van der Waals surface area (Å²) >= 11 is 19.4. The van der Waals surface area contributed by atoms with E-state index in [2.05, 4.69) is 16.2 Å². The van der Waals surface area contributed by atoms with Crippen LogP contribution in [-0.2, 0) is 9.08 Å². The molecule has 0 saturated carbocycles. The summed E-state index contributed by atoms with van der Waals surface area (Å²) in [6.07, 6.45) is 0. The number of alkyl halides is 3. The van der Waals surface area contributed by atoms with Gasteiger partial charge >= 0.3 is 24.8 Å². The maximum absolute atomic E-state index is 10.1. The SMILES string of the molecule is O=C(OCl)C(Cl)(Cl)Cl.[H-].[Li+]. The Hall–Kier alpha value is 1.23. The smallest absolute Gasteiger partial charge is 1.00 e. The number of halogens is 4. The number of carbonyl (C=O) groups excluding carboxylic acids is 1. The molecule has 2 nitrogen and oxygen atoms in total. The first kappa shape index (κ1) is 12.9. The number of carbonyl (C=O) groups is 1. The summed E-state index contributed by atoms with van der Waals surface area (Å²) in [5, 5.41) is 0. The molecule has 0 aromatic rings. The minimum absolute atomic E-state index is 0. The van der Waals surface area contributed by atoms with Gasteiger partial charge in [-0.3, -0.25) is 0 Å². The van der Waals surface area contributed by atoms with Crippen LogP contribution in [0.25, 0.3) is 0 Å². The van der Waals surface area contributed by atoms with Crippen LogP contribution < -0.4 is 18.9 Å². The Labute approximate surface area is 85.5 Å². The first-order valence-corrected chi connectivity index (χ1v) is 2.82. The molecular weight excluding hydrogens is 205 g/mol. The molecule has 0 bridgehead atoms. The fourth-order valence-corrected chi connectivity index (χ4v) is 0.394. The third-order valence-electron chi connectivity index (χ3n) is 0.302. The predicted molar refractivity (Wildman–Crippen MR) is 33.3 cm³/mol. The van der Waals surface area contributed by atoms with Gasteiger partial charge in [-0.25, -0.2) is 4.79 Å². The monoisotopic (exact) mass is 204 g/mol. The third-order valence-corrected chi connectivity index (χ3v) is 0.905. The zero-order valence-electron chi connectivity index (χ0n) is 5.33. The van der Waals surface area contributed by atoms with Crippen molar-refractivity contribution in [3.05, 3.63) is 0 Å². The van der Waals surface area contributed by atoms with Gasteiger partial charge in [-0.2, -0.15) is 0 Å². The standard InChI is InChI=1S/C2Cl4O2.Li.H/c3-2(4,5)1(7)8-6;;/q;+1;-1. The van der Waals surface area contributed by atoms with Gasteiger partial charge in [-0.1, -0.05) is 34.8 Å². The Balaban J connectivity index is -0.000000245. The second kappa shape index (κ2) is 4.96. The molecule has 0 atom stereocenters. The molecule has 0 heterocycles. The third kappa shape index (κ3) is 5.66. The number of rotatable bonds is 0. The maximum atomic E-state index is 10.1. The molecule has 50 valence electrons. The molecule has 0 aliphatic heterocycles. The van der Waals surface area contributed by atoms with Gasteiger partial charge in [0, 0.05) is 0 Å². The molecule has 0 aliphatic carbocycles. The largest absolute Gasteiger partial charge is 1.00 e.